The van der Waals surface area contributed by atoms with Gasteiger partial charge in [0.1, 0.15) is 18.0 Å². The number of aryl methyl sites for hydroxylation is 1. The molecule has 8 heteroatoms. The summed E-state index contributed by atoms with van der Waals surface area (Å²) in [5.41, 5.74) is 2.31. The zero-order chi connectivity index (χ0) is 20.0. The van der Waals surface area contributed by atoms with Crippen molar-refractivity contribution in [3.05, 3.63) is 64.1 Å². The minimum absolute atomic E-state index is 0.233. The first-order valence-corrected chi connectivity index (χ1v) is 10.2. The molecule has 0 radical (unpaired) electrons. The third-order valence-electron chi connectivity index (χ3n) is 4.65. The van der Waals surface area contributed by atoms with Crippen LogP contribution in [0.2, 0.25) is 5.02 Å². The SMILES string of the molecule is Cc1nn(-c2ccccc2)c2sc(C(=O)Nc3cc4c(cc3Cl)OCCO4)cc12. The number of benzene rings is 2. The Bertz CT molecular complexity index is 1230. The Balaban J connectivity index is 1.48. The smallest absolute Gasteiger partial charge is 0.265 e. The first kappa shape index (κ1) is 18.0. The molecule has 29 heavy (non-hydrogen) atoms. The van der Waals surface area contributed by atoms with Gasteiger partial charge in [0, 0.05) is 17.5 Å². The van der Waals surface area contributed by atoms with Crippen LogP contribution < -0.4 is 14.8 Å². The number of ether oxygens (including phenoxy) is 2. The third kappa shape index (κ3) is 3.22. The second kappa shape index (κ2) is 7.09. The molecule has 1 N–H and O–H groups in total. The fourth-order valence-electron chi connectivity index (χ4n) is 3.25. The summed E-state index contributed by atoms with van der Waals surface area (Å²) < 4.78 is 13.0. The third-order valence-corrected chi connectivity index (χ3v) is 6.07. The first-order valence-electron chi connectivity index (χ1n) is 9.05. The summed E-state index contributed by atoms with van der Waals surface area (Å²) in [5, 5.41) is 8.85. The monoisotopic (exact) mass is 425 g/mol. The Morgan fingerprint density at radius 3 is 2.62 bits per heavy atom. The van der Waals surface area contributed by atoms with Gasteiger partial charge < -0.3 is 14.8 Å². The highest BCUT2D eigenvalue weighted by Crippen LogP contribution is 2.38. The van der Waals surface area contributed by atoms with Gasteiger partial charge in [-0.2, -0.15) is 5.10 Å². The lowest BCUT2D eigenvalue weighted by Gasteiger charge is -2.19. The number of aromatic nitrogens is 2. The van der Waals surface area contributed by atoms with Crippen LogP contribution >= 0.6 is 22.9 Å². The number of carbonyl (C=O) groups is 1. The zero-order valence-corrected chi connectivity index (χ0v) is 17.0. The van der Waals surface area contributed by atoms with E-state index >= 15 is 0 Å². The Kier molecular flexibility index (Phi) is 4.41. The van der Waals surface area contributed by atoms with Gasteiger partial charge in [-0.05, 0) is 25.1 Å². The number of para-hydroxylation sites is 1. The molecular formula is C21H16ClN3O3S. The molecule has 0 spiro atoms. The van der Waals surface area contributed by atoms with Crippen molar-refractivity contribution in [1.29, 1.82) is 0 Å². The number of anilines is 1. The molecule has 2 aromatic carbocycles. The molecule has 0 fully saturated rings. The number of halogens is 1. The highest BCUT2D eigenvalue weighted by atomic mass is 35.5. The van der Waals surface area contributed by atoms with Crippen LogP contribution in [0, 0.1) is 6.92 Å². The van der Waals surface area contributed by atoms with E-state index in [-0.39, 0.29) is 5.91 Å². The second-order valence-corrected chi connectivity index (χ2v) is 8.03. The summed E-state index contributed by atoms with van der Waals surface area (Å²) in [6, 6.07) is 15.1. The Morgan fingerprint density at radius 2 is 1.86 bits per heavy atom. The Morgan fingerprint density at radius 1 is 1.14 bits per heavy atom. The van der Waals surface area contributed by atoms with E-state index in [4.69, 9.17) is 21.1 Å². The van der Waals surface area contributed by atoms with Crippen molar-refractivity contribution in [2.24, 2.45) is 0 Å². The highest BCUT2D eigenvalue weighted by Gasteiger charge is 2.20. The highest BCUT2D eigenvalue weighted by molar-refractivity contribution is 7.20. The lowest BCUT2D eigenvalue weighted by molar-refractivity contribution is 0.103. The van der Waals surface area contributed by atoms with Crippen molar-refractivity contribution in [3.8, 4) is 17.2 Å². The summed E-state index contributed by atoms with van der Waals surface area (Å²) >= 11 is 7.71. The Hall–Kier alpha value is -3.03. The van der Waals surface area contributed by atoms with Gasteiger partial charge in [0.25, 0.3) is 5.91 Å². The van der Waals surface area contributed by atoms with Crippen LogP contribution in [0.4, 0.5) is 5.69 Å². The summed E-state index contributed by atoms with van der Waals surface area (Å²) in [6.45, 7) is 2.88. The molecule has 0 saturated carbocycles. The Labute approximate surface area is 175 Å². The van der Waals surface area contributed by atoms with E-state index in [0.29, 0.717) is 40.3 Å². The van der Waals surface area contributed by atoms with Gasteiger partial charge in [-0.3, -0.25) is 4.79 Å². The van der Waals surface area contributed by atoms with Gasteiger partial charge in [-0.15, -0.1) is 11.3 Å². The molecule has 0 unspecified atom stereocenters. The maximum Gasteiger partial charge on any atom is 0.265 e. The van der Waals surface area contributed by atoms with Crippen LogP contribution in [0.25, 0.3) is 15.9 Å². The number of nitrogens with one attached hydrogen (secondary N) is 1. The summed E-state index contributed by atoms with van der Waals surface area (Å²) in [4.78, 5) is 14.4. The molecule has 1 amide bonds. The fraction of sp³-hybridized carbons (Fsp3) is 0.143. The molecule has 0 atom stereocenters. The predicted octanol–water partition coefficient (Wildman–Crippen LogP) is 5.07. The maximum absolute atomic E-state index is 12.9. The number of thiophene rings is 1. The van der Waals surface area contributed by atoms with Gasteiger partial charge in [0.05, 0.1) is 27.0 Å². The van der Waals surface area contributed by atoms with Crippen LogP contribution in [0.15, 0.2) is 48.5 Å². The van der Waals surface area contributed by atoms with Crippen LogP contribution in [0.1, 0.15) is 15.4 Å². The van der Waals surface area contributed by atoms with E-state index in [1.807, 2.05) is 48.0 Å². The average molecular weight is 426 g/mol. The molecule has 0 saturated heterocycles. The van der Waals surface area contributed by atoms with Gasteiger partial charge in [0.15, 0.2) is 11.5 Å². The van der Waals surface area contributed by atoms with E-state index in [9.17, 15) is 4.79 Å². The molecule has 6 nitrogen and oxygen atoms in total. The van der Waals surface area contributed by atoms with E-state index in [0.717, 1.165) is 21.6 Å². The number of amides is 1. The number of fused-ring (bicyclic) bond motifs is 2. The van der Waals surface area contributed by atoms with Crippen LogP contribution in [0.3, 0.4) is 0 Å². The van der Waals surface area contributed by atoms with Gasteiger partial charge in [0.2, 0.25) is 0 Å². The topological polar surface area (TPSA) is 65.4 Å². The quantitative estimate of drug-likeness (QED) is 0.497. The van der Waals surface area contributed by atoms with Gasteiger partial charge in [-0.1, -0.05) is 29.8 Å². The van der Waals surface area contributed by atoms with Crippen LogP contribution in [0.5, 0.6) is 11.5 Å². The molecular weight excluding hydrogens is 410 g/mol. The average Bonchev–Trinajstić information content (AvgIpc) is 3.30. The number of carbonyl (C=O) groups excluding carboxylic acids is 1. The predicted molar refractivity (Wildman–Crippen MR) is 114 cm³/mol. The minimum atomic E-state index is -0.233. The molecule has 5 rings (SSSR count). The van der Waals surface area contributed by atoms with E-state index in [1.165, 1.54) is 11.3 Å². The van der Waals surface area contributed by atoms with Crippen molar-refractivity contribution in [1.82, 2.24) is 9.78 Å². The number of rotatable bonds is 3. The van der Waals surface area contributed by atoms with Crippen molar-refractivity contribution >= 4 is 44.7 Å². The van der Waals surface area contributed by atoms with Gasteiger partial charge in [-0.25, -0.2) is 4.68 Å². The maximum atomic E-state index is 12.9. The normalized spacial score (nSPS) is 12.9. The lowest BCUT2D eigenvalue weighted by Crippen LogP contribution is -2.16. The first-order chi connectivity index (χ1) is 14.1. The van der Waals surface area contributed by atoms with E-state index in [1.54, 1.807) is 12.1 Å². The van der Waals surface area contributed by atoms with Crippen LogP contribution in [-0.4, -0.2) is 28.9 Å². The van der Waals surface area contributed by atoms with E-state index in [2.05, 4.69) is 10.4 Å². The van der Waals surface area contributed by atoms with E-state index < -0.39 is 0 Å². The molecule has 3 heterocycles. The van der Waals surface area contributed by atoms with Crippen molar-refractivity contribution < 1.29 is 14.3 Å². The largest absolute Gasteiger partial charge is 0.486 e. The van der Waals surface area contributed by atoms with Gasteiger partial charge >= 0.3 is 0 Å². The molecule has 1 aliphatic rings. The molecule has 0 aliphatic carbocycles. The minimum Gasteiger partial charge on any atom is -0.486 e. The molecule has 2 aromatic heterocycles. The summed E-state index contributed by atoms with van der Waals surface area (Å²) in [6.07, 6.45) is 0. The molecule has 1 aliphatic heterocycles. The lowest BCUT2D eigenvalue weighted by atomic mass is 10.2. The molecule has 146 valence electrons. The molecule has 4 aromatic rings. The number of hydrogen-bond donors (Lipinski definition) is 1. The zero-order valence-electron chi connectivity index (χ0n) is 15.4. The van der Waals surface area contributed by atoms with Crippen LogP contribution in [-0.2, 0) is 0 Å². The second-order valence-electron chi connectivity index (χ2n) is 6.59. The fourth-order valence-corrected chi connectivity index (χ4v) is 4.53. The van der Waals surface area contributed by atoms with Crippen molar-refractivity contribution in [2.75, 3.05) is 18.5 Å². The summed E-state index contributed by atoms with van der Waals surface area (Å²) in [5.74, 6) is 0.923. The number of hydrogen-bond acceptors (Lipinski definition) is 5. The molecule has 0 bridgehead atoms. The van der Waals surface area contributed by atoms with Crippen molar-refractivity contribution in [3.63, 3.8) is 0 Å². The van der Waals surface area contributed by atoms with Crippen molar-refractivity contribution in [2.45, 2.75) is 6.92 Å². The number of nitrogens with zero attached hydrogens (tertiary/aromatic N) is 2. The summed E-state index contributed by atoms with van der Waals surface area (Å²) in [7, 11) is 0. The standard InChI is InChI=1S/C21H16ClN3O3S/c1-12-14-9-19(29-21(14)25(24-12)13-5-3-2-4-6-13)20(26)23-16-11-18-17(10-15(16)22)27-7-8-28-18/h2-6,9-11H,7-8H2,1H3,(H,23,26).